The van der Waals surface area contributed by atoms with Crippen molar-refractivity contribution in [1.29, 1.82) is 0 Å². The fourth-order valence-electron chi connectivity index (χ4n) is 5.42. The first-order valence-electron chi connectivity index (χ1n) is 12.4. The van der Waals surface area contributed by atoms with Crippen molar-refractivity contribution in [2.24, 2.45) is 4.99 Å². The molecule has 0 amide bonds. The van der Waals surface area contributed by atoms with Crippen LogP contribution >= 0.6 is 0 Å². The average molecular weight is 448 g/mol. The van der Waals surface area contributed by atoms with Crippen molar-refractivity contribution in [3.8, 4) is 0 Å². The van der Waals surface area contributed by atoms with Crippen LogP contribution in [0, 0.1) is 0 Å². The lowest BCUT2D eigenvalue weighted by molar-refractivity contribution is -0.0502. The molecule has 1 N–H and O–H groups in total. The normalized spacial score (nSPS) is 24.3. The molecule has 6 nitrogen and oxygen atoms in total. The number of rotatable bonds is 6. The van der Waals surface area contributed by atoms with Crippen LogP contribution < -0.4 is 5.32 Å². The lowest BCUT2D eigenvalue weighted by Gasteiger charge is -2.36. The Morgan fingerprint density at radius 3 is 2.39 bits per heavy atom. The monoisotopic (exact) mass is 447 g/mol. The number of nitrogens with zero attached hydrogens (tertiary/aromatic N) is 4. The Kier molecular flexibility index (Phi) is 7.24. The number of nitrogens with one attached hydrogen (secondary N) is 1. The molecule has 176 valence electrons. The van der Waals surface area contributed by atoms with Crippen molar-refractivity contribution in [1.82, 2.24) is 20.0 Å². The summed E-state index contributed by atoms with van der Waals surface area (Å²) in [6, 6.07) is 20.2. The van der Waals surface area contributed by atoms with Crippen LogP contribution in [0.4, 0.5) is 0 Å². The summed E-state index contributed by atoms with van der Waals surface area (Å²) >= 11 is 0. The van der Waals surface area contributed by atoms with Gasteiger partial charge in [-0.25, -0.2) is 0 Å². The topological polar surface area (TPSA) is 43.3 Å². The van der Waals surface area contributed by atoms with E-state index < -0.39 is 0 Å². The van der Waals surface area contributed by atoms with E-state index >= 15 is 0 Å². The van der Waals surface area contributed by atoms with E-state index in [-0.39, 0.29) is 6.10 Å². The van der Waals surface area contributed by atoms with Gasteiger partial charge in [-0.1, -0.05) is 54.6 Å². The highest BCUT2D eigenvalue weighted by molar-refractivity contribution is 5.80. The zero-order valence-electron chi connectivity index (χ0n) is 19.8. The number of fused-ring (bicyclic) bond motifs is 1. The highest BCUT2D eigenvalue weighted by atomic mass is 16.5. The third-order valence-electron chi connectivity index (χ3n) is 7.23. The second kappa shape index (κ2) is 10.7. The maximum absolute atomic E-state index is 6.16. The van der Waals surface area contributed by atoms with Gasteiger partial charge in [-0.15, -0.1) is 0 Å². The maximum atomic E-state index is 6.16. The quantitative estimate of drug-likeness (QED) is 0.545. The van der Waals surface area contributed by atoms with Crippen LogP contribution in [0.25, 0.3) is 0 Å². The average Bonchev–Trinajstić information content (AvgIpc) is 3.52. The minimum Gasteiger partial charge on any atom is -0.373 e. The highest BCUT2D eigenvalue weighted by Crippen LogP contribution is 2.25. The lowest BCUT2D eigenvalue weighted by Crippen LogP contribution is -2.50. The molecule has 3 saturated heterocycles. The molecule has 0 aliphatic carbocycles. The summed E-state index contributed by atoms with van der Waals surface area (Å²) in [5, 5.41) is 3.59. The minimum atomic E-state index is 0.242. The van der Waals surface area contributed by atoms with Gasteiger partial charge in [-0.2, -0.15) is 0 Å². The molecule has 5 rings (SSSR count). The zero-order chi connectivity index (χ0) is 22.5. The second-order valence-corrected chi connectivity index (χ2v) is 9.54. The van der Waals surface area contributed by atoms with Crippen LogP contribution in [0.15, 0.2) is 59.6 Å². The molecule has 2 aromatic carbocycles. The van der Waals surface area contributed by atoms with E-state index in [1.807, 2.05) is 7.05 Å². The molecule has 0 bridgehead atoms. The van der Waals surface area contributed by atoms with Crippen molar-refractivity contribution < 1.29 is 4.74 Å². The van der Waals surface area contributed by atoms with Gasteiger partial charge in [-0.05, 0) is 42.6 Å². The summed E-state index contributed by atoms with van der Waals surface area (Å²) in [5.74, 6) is 0.966. The van der Waals surface area contributed by atoms with E-state index in [0.717, 1.165) is 51.8 Å². The van der Waals surface area contributed by atoms with Gasteiger partial charge in [0.15, 0.2) is 5.96 Å². The summed E-state index contributed by atoms with van der Waals surface area (Å²) in [7, 11) is 1.88. The molecule has 2 aromatic rings. The van der Waals surface area contributed by atoms with Gasteiger partial charge < -0.3 is 15.0 Å². The van der Waals surface area contributed by atoms with Crippen LogP contribution in [0.1, 0.15) is 29.5 Å². The Balaban J connectivity index is 1.15. The molecule has 33 heavy (non-hydrogen) atoms. The number of guanidine groups is 1. The van der Waals surface area contributed by atoms with Crippen molar-refractivity contribution in [3.63, 3.8) is 0 Å². The van der Waals surface area contributed by atoms with Crippen molar-refractivity contribution >= 4 is 5.96 Å². The smallest absolute Gasteiger partial charge is 0.194 e. The van der Waals surface area contributed by atoms with E-state index in [0.29, 0.717) is 6.04 Å². The van der Waals surface area contributed by atoms with Gasteiger partial charge >= 0.3 is 0 Å². The molecule has 6 heteroatoms. The van der Waals surface area contributed by atoms with Crippen molar-refractivity contribution in [2.75, 3.05) is 46.4 Å². The largest absolute Gasteiger partial charge is 0.373 e. The summed E-state index contributed by atoms with van der Waals surface area (Å²) in [4.78, 5) is 12.1. The SMILES string of the molecule is CN=C(NCc1ccc(CN2CCCC2)cc1)N1CC2OCCN(Cc3ccccc3)C2C1. The molecular formula is C27H37N5O. The predicted octanol–water partition coefficient (Wildman–Crippen LogP) is 2.94. The molecule has 0 aromatic heterocycles. The fourth-order valence-corrected chi connectivity index (χ4v) is 5.42. The summed E-state index contributed by atoms with van der Waals surface area (Å²) in [6.07, 6.45) is 2.92. The number of benzene rings is 2. The molecule has 3 fully saturated rings. The number of morpholine rings is 1. The van der Waals surface area contributed by atoms with Crippen LogP contribution in [0.2, 0.25) is 0 Å². The molecule has 2 atom stereocenters. The molecule has 3 aliphatic heterocycles. The number of ether oxygens (including phenoxy) is 1. The van der Waals surface area contributed by atoms with Crippen LogP contribution in [0.3, 0.4) is 0 Å². The summed E-state index contributed by atoms with van der Waals surface area (Å²) in [6.45, 7) is 8.96. The number of aliphatic imine (C=N–C) groups is 1. The summed E-state index contributed by atoms with van der Waals surface area (Å²) < 4.78 is 6.16. The van der Waals surface area contributed by atoms with Crippen LogP contribution in [-0.4, -0.2) is 79.2 Å². The third kappa shape index (κ3) is 5.57. The molecule has 3 heterocycles. The fraction of sp³-hybridized carbons (Fsp3) is 0.519. The first kappa shape index (κ1) is 22.4. The predicted molar refractivity (Wildman–Crippen MR) is 133 cm³/mol. The Hall–Kier alpha value is -2.41. The van der Waals surface area contributed by atoms with Gasteiger partial charge in [0.2, 0.25) is 0 Å². The van der Waals surface area contributed by atoms with E-state index in [9.17, 15) is 0 Å². The van der Waals surface area contributed by atoms with Crippen molar-refractivity contribution in [2.45, 2.75) is 44.6 Å². The Bertz CT molecular complexity index is 910. The van der Waals surface area contributed by atoms with Gasteiger partial charge in [0.1, 0.15) is 0 Å². The first-order valence-corrected chi connectivity index (χ1v) is 12.4. The van der Waals surface area contributed by atoms with Gasteiger partial charge in [0.25, 0.3) is 0 Å². The minimum absolute atomic E-state index is 0.242. The van der Waals surface area contributed by atoms with Crippen LogP contribution in [0.5, 0.6) is 0 Å². The Morgan fingerprint density at radius 1 is 0.909 bits per heavy atom. The highest BCUT2D eigenvalue weighted by Gasteiger charge is 2.41. The Labute approximate surface area is 198 Å². The van der Waals surface area contributed by atoms with Gasteiger partial charge in [0, 0.05) is 46.3 Å². The standard InChI is InChI=1S/C27H37N5O/c1-28-27(29-17-22-9-11-24(12-10-22)18-30-13-5-6-14-30)32-20-25-26(21-32)33-16-15-31(25)19-23-7-3-2-4-8-23/h2-4,7-12,25-26H,5-6,13-21H2,1H3,(H,28,29). The van der Waals surface area contributed by atoms with Crippen LogP contribution in [-0.2, 0) is 24.4 Å². The zero-order valence-corrected chi connectivity index (χ0v) is 19.8. The molecule has 0 radical (unpaired) electrons. The molecule has 0 spiro atoms. The maximum Gasteiger partial charge on any atom is 0.194 e. The van der Waals surface area contributed by atoms with Gasteiger partial charge in [-0.3, -0.25) is 14.8 Å². The molecule has 2 unspecified atom stereocenters. The first-order chi connectivity index (χ1) is 16.3. The van der Waals surface area contributed by atoms with Gasteiger partial charge in [0.05, 0.1) is 18.8 Å². The Morgan fingerprint density at radius 2 is 1.64 bits per heavy atom. The van der Waals surface area contributed by atoms with Crippen molar-refractivity contribution in [3.05, 3.63) is 71.3 Å². The van der Waals surface area contributed by atoms with E-state index in [2.05, 4.69) is 79.6 Å². The lowest BCUT2D eigenvalue weighted by atomic mass is 10.1. The summed E-state index contributed by atoms with van der Waals surface area (Å²) in [5.41, 5.74) is 4.07. The second-order valence-electron chi connectivity index (χ2n) is 9.54. The van der Waals surface area contributed by atoms with E-state index in [4.69, 9.17) is 4.74 Å². The number of likely N-dealkylation sites (tertiary alicyclic amines) is 2. The third-order valence-corrected chi connectivity index (χ3v) is 7.23. The molecular weight excluding hydrogens is 410 g/mol. The number of hydrogen-bond acceptors (Lipinski definition) is 4. The molecule has 3 aliphatic rings. The molecule has 0 saturated carbocycles. The number of hydrogen-bond donors (Lipinski definition) is 1. The van der Waals surface area contributed by atoms with E-state index in [1.165, 1.54) is 42.6 Å². The van der Waals surface area contributed by atoms with E-state index in [1.54, 1.807) is 0 Å².